The second kappa shape index (κ2) is 4.77. The van der Waals surface area contributed by atoms with E-state index in [0.29, 0.717) is 29.3 Å². The minimum atomic E-state index is -0.398. The largest absolute Gasteiger partial charge is 0.495 e. The van der Waals surface area contributed by atoms with E-state index in [4.69, 9.17) is 26.5 Å². The van der Waals surface area contributed by atoms with Crippen LogP contribution < -0.4 is 16.1 Å². The molecule has 0 aliphatic rings. The molecule has 0 radical (unpaired) electrons. The zero-order valence-corrected chi connectivity index (χ0v) is 10.1. The highest BCUT2D eigenvalue weighted by atomic mass is 35.5. The van der Waals surface area contributed by atoms with Gasteiger partial charge >= 0.3 is 5.63 Å². The highest BCUT2D eigenvalue weighted by Gasteiger charge is 2.09. The molecule has 90 valence electrons. The maximum atomic E-state index is 11.4. The van der Waals surface area contributed by atoms with Crippen LogP contribution in [0, 0.1) is 0 Å². The molecular weight excluding hydrogens is 242 g/mol. The minimum absolute atomic E-state index is 0.398. The Hall–Kier alpha value is -1.52. The Morgan fingerprint density at radius 1 is 1.41 bits per heavy atom. The first-order valence-corrected chi connectivity index (χ1v) is 5.54. The van der Waals surface area contributed by atoms with E-state index < -0.39 is 5.63 Å². The molecule has 0 saturated heterocycles. The molecule has 0 atom stereocenters. The zero-order valence-electron chi connectivity index (χ0n) is 9.33. The second-order valence-electron chi connectivity index (χ2n) is 3.61. The van der Waals surface area contributed by atoms with Crippen LogP contribution in [0.15, 0.2) is 27.4 Å². The first-order valence-electron chi connectivity index (χ1n) is 5.16. The van der Waals surface area contributed by atoms with Crippen molar-refractivity contribution in [3.8, 4) is 5.75 Å². The van der Waals surface area contributed by atoms with Gasteiger partial charge in [-0.25, -0.2) is 4.79 Å². The van der Waals surface area contributed by atoms with Crippen molar-refractivity contribution in [2.24, 2.45) is 5.73 Å². The Morgan fingerprint density at radius 2 is 2.18 bits per heavy atom. The molecule has 0 saturated carbocycles. The van der Waals surface area contributed by atoms with Crippen molar-refractivity contribution >= 4 is 22.6 Å². The smallest absolute Gasteiger partial charge is 0.336 e. The molecule has 2 aromatic rings. The van der Waals surface area contributed by atoms with Crippen molar-refractivity contribution in [1.29, 1.82) is 0 Å². The van der Waals surface area contributed by atoms with Gasteiger partial charge in [0.2, 0.25) is 0 Å². The number of nitrogens with two attached hydrogens (primary N) is 1. The Morgan fingerprint density at radius 3 is 2.82 bits per heavy atom. The van der Waals surface area contributed by atoms with Gasteiger partial charge in [0.1, 0.15) is 11.3 Å². The predicted octanol–water partition coefficient (Wildman–Crippen LogP) is 1.96. The number of ether oxygens (including phenoxy) is 1. The molecule has 5 heteroatoms. The summed E-state index contributed by atoms with van der Waals surface area (Å²) in [6, 6.07) is 4.78. The van der Waals surface area contributed by atoms with Crippen molar-refractivity contribution in [3.05, 3.63) is 39.2 Å². The molecule has 2 rings (SSSR count). The van der Waals surface area contributed by atoms with Gasteiger partial charge in [0, 0.05) is 17.5 Å². The molecule has 0 unspecified atom stereocenters. The molecule has 1 aromatic heterocycles. The lowest BCUT2D eigenvalue weighted by atomic mass is 10.1. The minimum Gasteiger partial charge on any atom is -0.495 e. The summed E-state index contributed by atoms with van der Waals surface area (Å²) in [6.45, 7) is 0.461. The normalized spacial score (nSPS) is 10.8. The molecule has 2 N–H and O–H groups in total. The summed E-state index contributed by atoms with van der Waals surface area (Å²) in [5.41, 5.74) is 6.40. The third-order valence-corrected chi connectivity index (χ3v) is 2.81. The maximum absolute atomic E-state index is 11.4. The molecule has 0 bridgehead atoms. The summed E-state index contributed by atoms with van der Waals surface area (Å²) in [6.07, 6.45) is 0.602. The number of hydrogen-bond donors (Lipinski definition) is 1. The summed E-state index contributed by atoms with van der Waals surface area (Å²) < 4.78 is 10.2. The number of methoxy groups -OCH3 is 1. The van der Waals surface area contributed by atoms with E-state index in [-0.39, 0.29) is 0 Å². The Kier molecular flexibility index (Phi) is 3.36. The van der Waals surface area contributed by atoms with E-state index in [1.807, 2.05) is 0 Å². The van der Waals surface area contributed by atoms with Gasteiger partial charge in [0.05, 0.1) is 12.1 Å². The highest BCUT2D eigenvalue weighted by Crippen LogP contribution is 2.30. The van der Waals surface area contributed by atoms with Gasteiger partial charge in [0.15, 0.2) is 0 Å². The number of benzene rings is 1. The fourth-order valence-corrected chi connectivity index (χ4v) is 1.99. The lowest BCUT2D eigenvalue weighted by Crippen LogP contribution is -2.07. The van der Waals surface area contributed by atoms with E-state index in [2.05, 4.69) is 0 Å². The summed E-state index contributed by atoms with van der Waals surface area (Å²) in [5.74, 6) is 0.479. The van der Waals surface area contributed by atoms with Crippen LogP contribution in [0.2, 0.25) is 5.02 Å². The van der Waals surface area contributed by atoms with Crippen LogP contribution in [0.5, 0.6) is 5.75 Å². The molecule has 0 aliphatic heterocycles. The second-order valence-corrected chi connectivity index (χ2v) is 4.02. The third kappa shape index (κ3) is 2.28. The van der Waals surface area contributed by atoms with Crippen LogP contribution in [0.25, 0.3) is 11.0 Å². The average molecular weight is 254 g/mol. The highest BCUT2D eigenvalue weighted by molar-refractivity contribution is 6.32. The lowest BCUT2D eigenvalue weighted by molar-refractivity contribution is 0.414. The van der Waals surface area contributed by atoms with Gasteiger partial charge in [0.25, 0.3) is 0 Å². The van der Waals surface area contributed by atoms with E-state index in [1.165, 1.54) is 13.2 Å². The van der Waals surface area contributed by atoms with Crippen molar-refractivity contribution in [2.45, 2.75) is 6.42 Å². The van der Waals surface area contributed by atoms with Gasteiger partial charge in [-0.3, -0.25) is 0 Å². The monoisotopic (exact) mass is 253 g/mol. The van der Waals surface area contributed by atoms with Crippen LogP contribution in [0.4, 0.5) is 0 Å². The van der Waals surface area contributed by atoms with Crippen molar-refractivity contribution in [3.63, 3.8) is 0 Å². The SMILES string of the molecule is COc1cc2oc(=O)cc(CCN)c2cc1Cl. The van der Waals surface area contributed by atoms with Gasteiger partial charge in [-0.15, -0.1) is 0 Å². The first-order chi connectivity index (χ1) is 8.15. The molecule has 1 heterocycles. The summed E-state index contributed by atoms with van der Waals surface area (Å²) in [7, 11) is 1.51. The third-order valence-electron chi connectivity index (χ3n) is 2.52. The van der Waals surface area contributed by atoms with Gasteiger partial charge in [-0.2, -0.15) is 0 Å². The summed E-state index contributed by atoms with van der Waals surface area (Å²) in [5, 5.41) is 1.27. The molecule has 1 aromatic carbocycles. The standard InChI is InChI=1S/C12H12ClNO3/c1-16-11-6-10-8(5-9(11)13)7(2-3-14)4-12(15)17-10/h4-6H,2-3,14H2,1H3. The number of halogens is 1. The quantitative estimate of drug-likeness (QED) is 0.850. The van der Waals surface area contributed by atoms with Crippen molar-refractivity contribution < 1.29 is 9.15 Å². The van der Waals surface area contributed by atoms with Crippen molar-refractivity contribution in [1.82, 2.24) is 0 Å². The Labute approximate surface area is 103 Å². The van der Waals surface area contributed by atoms with Crippen LogP contribution in [0.1, 0.15) is 5.56 Å². The zero-order chi connectivity index (χ0) is 12.4. The van der Waals surface area contributed by atoms with Crippen LogP contribution >= 0.6 is 11.6 Å². The van der Waals surface area contributed by atoms with Crippen molar-refractivity contribution in [2.75, 3.05) is 13.7 Å². The molecule has 0 spiro atoms. The predicted molar refractivity (Wildman–Crippen MR) is 66.8 cm³/mol. The topological polar surface area (TPSA) is 65.5 Å². The Bertz CT molecular complexity index is 606. The average Bonchev–Trinajstić information content (AvgIpc) is 2.29. The van der Waals surface area contributed by atoms with Gasteiger partial charge in [-0.05, 0) is 24.6 Å². The fraction of sp³-hybridized carbons (Fsp3) is 0.250. The Balaban J connectivity index is 2.75. The fourth-order valence-electron chi connectivity index (χ4n) is 1.75. The summed E-state index contributed by atoms with van der Waals surface area (Å²) in [4.78, 5) is 11.4. The maximum Gasteiger partial charge on any atom is 0.336 e. The molecule has 0 aliphatic carbocycles. The van der Waals surface area contributed by atoms with Gasteiger partial charge in [-0.1, -0.05) is 11.6 Å². The number of fused-ring (bicyclic) bond motifs is 1. The molecule has 0 amide bonds. The number of hydrogen-bond acceptors (Lipinski definition) is 4. The van der Waals surface area contributed by atoms with Crippen LogP contribution in [0.3, 0.4) is 0 Å². The van der Waals surface area contributed by atoms with E-state index >= 15 is 0 Å². The van der Waals surface area contributed by atoms with Crippen LogP contribution in [-0.2, 0) is 6.42 Å². The molecule has 17 heavy (non-hydrogen) atoms. The number of rotatable bonds is 3. The van der Waals surface area contributed by atoms with E-state index in [9.17, 15) is 4.79 Å². The van der Waals surface area contributed by atoms with Crippen LogP contribution in [-0.4, -0.2) is 13.7 Å². The lowest BCUT2D eigenvalue weighted by Gasteiger charge is -2.07. The summed E-state index contributed by atoms with van der Waals surface area (Å²) >= 11 is 6.04. The first kappa shape index (κ1) is 12.0. The molecule has 0 fully saturated rings. The van der Waals surface area contributed by atoms with Gasteiger partial charge < -0.3 is 14.9 Å². The van der Waals surface area contributed by atoms with E-state index in [1.54, 1.807) is 12.1 Å². The molecular formula is C12H12ClNO3. The van der Waals surface area contributed by atoms with E-state index in [0.717, 1.165) is 10.9 Å². The molecule has 4 nitrogen and oxygen atoms in total.